The standard InChI is InChI=1S/C18H18Cl2N2O2/c1-3-11(2)21-17(23)12-6-4-7-13(10-12)18(24)22-15-9-5-8-14(19)16(15)20/h4-11H,3H2,1-2H3,(H,21,23)(H,22,24). The first kappa shape index (κ1) is 18.3. The Kier molecular flexibility index (Phi) is 6.23. The van der Waals surface area contributed by atoms with Crippen molar-refractivity contribution >= 4 is 40.7 Å². The highest BCUT2D eigenvalue weighted by atomic mass is 35.5. The number of hydrogen-bond donors (Lipinski definition) is 2. The second-order valence-electron chi connectivity index (χ2n) is 5.42. The van der Waals surface area contributed by atoms with E-state index in [1.165, 1.54) is 0 Å². The van der Waals surface area contributed by atoms with Gasteiger partial charge >= 0.3 is 0 Å². The van der Waals surface area contributed by atoms with Crippen molar-refractivity contribution < 1.29 is 9.59 Å². The Morgan fingerprint density at radius 1 is 1.04 bits per heavy atom. The average molecular weight is 365 g/mol. The van der Waals surface area contributed by atoms with Crippen LogP contribution in [0.3, 0.4) is 0 Å². The van der Waals surface area contributed by atoms with Crippen LogP contribution in [0.2, 0.25) is 10.0 Å². The van der Waals surface area contributed by atoms with Crippen LogP contribution < -0.4 is 10.6 Å². The fourth-order valence-corrected chi connectivity index (χ4v) is 2.35. The van der Waals surface area contributed by atoms with Crippen molar-refractivity contribution in [1.82, 2.24) is 5.32 Å². The van der Waals surface area contributed by atoms with Gasteiger partial charge in [0, 0.05) is 17.2 Å². The first-order valence-electron chi connectivity index (χ1n) is 7.58. The van der Waals surface area contributed by atoms with Crippen molar-refractivity contribution in [3.05, 3.63) is 63.6 Å². The van der Waals surface area contributed by atoms with Gasteiger partial charge in [-0.2, -0.15) is 0 Å². The van der Waals surface area contributed by atoms with Crippen LogP contribution in [-0.2, 0) is 0 Å². The quantitative estimate of drug-likeness (QED) is 0.802. The number of amides is 2. The largest absolute Gasteiger partial charge is 0.350 e. The van der Waals surface area contributed by atoms with E-state index in [0.29, 0.717) is 21.8 Å². The fourth-order valence-electron chi connectivity index (χ4n) is 2.01. The molecule has 6 heteroatoms. The third-order valence-corrected chi connectivity index (χ3v) is 4.40. The molecule has 0 aliphatic carbocycles. The topological polar surface area (TPSA) is 58.2 Å². The van der Waals surface area contributed by atoms with Gasteiger partial charge in [0.05, 0.1) is 15.7 Å². The van der Waals surface area contributed by atoms with Crippen molar-refractivity contribution in [3.63, 3.8) is 0 Å². The third-order valence-electron chi connectivity index (χ3n) is 3.58. The summed E-state index contributed by atoms with van der Waals surface area (Å²) in [6, 6.07) is 11.6. The third kappa shape index (κ3) is 4.49. The van der Waals surface area contributed by atoms with Crippen molar-refractivity contribution in [2.75, 3.05) is 5.32 Å². The van der Waals surface area contributed by atoms with Crippen molar-refractivity contribution in [2.24, 2.45) is 0 Å². The maximum absolute atomic E-state index is 12.4. The lowest BCUT2D eigenvalue weighted by atomic mass is 10.1. The summed E-state index contributed by atoms with van der Waals surface area (Å²) in [6.45, 7) is 3.92. The van der Waals surface area contributed by atoms with Gasteiger partial charge in [-0.25, -0.2) is 0 Å². The molecule has 0 saturated heterocycles. The molecule has 0 radical (unpaired) electrons. The molecule has 2 aromatic rings. The highest BCUT2D eigenvalue weighted by Crippen LogP contribution is 2.29. The van der Waals surface area contributed by atoms with Crippen LogP contribution in [0.15, 0.2) is 42.5 Å². The normalized spacial score (nSPS) is 11.7. The maximum Gasteiger partial charge on any atom is 0.255 e. The molecule has 0 saturated carbocycles. The van der Waals surface area contributed by atoms with Crippen LogP contribution in [0.5, 0.6) is 0 Å². The molecule has 2 aromatic carbocycles. The number of carbonyl (C=O) groups excluding carboxylic acids is 2. The number of rotatable bonds is 5. The van der Waals surface area contributed by atoms with Crippen LogP contribution in [0, 0.1) is 0 Å². The number of benzene rings is 2. The fraction of sp³-hybridized carbons (Fsp3) is 0.222. The van der Waals surface area contributed by atoms with Gasteiger partial charge in [-0.3, -0.25) is 9.59 Å². The number of carbonyl (C=O) groups is 2. The Balaban J connectivity index is 2.17. The summed E-state index contributed by atoms with van der Waals surface area (Å²) in [7, 11) is 0. The molecule has 24 heavy (non-hydrogen) atoms. The molecule has 0 aliphatic rings. The van der Waals surface area contributed by atoms with Crippen LogP contribution in [0.4, 0.5) is 5.69 Å². The second-order valence-corrected chi connectivity index (χ2v) is 6.20. The van der Waals surface area contributed by atoms with Gasteiger partial charge in [0.2, 0.25) is 0 Å². The van der Waals surface area contributed by atoms with E-state index in [1.807, 2.05) is 13.8 Å². The molecular weight excluding hydrogens is 347 g/mol. The Morgan fingerprint density at radius 2 is 1.67 bits per heavy atom. The van der Waals surface area contributed by atoms with Crippen molar-refractivity contribution in [3.8, 4) is 0 Å². The second kappa shape index (κ2) is 8.18. The maximum atomic E-state index is 12.4. The zero-order valence-electron chi connectivity index (χ0n) is 13.4. The predicted octanol–water partition coefficient (Wildman–Crippen LogP) is 4.77. The zero-order valence-corrected chi connectivity index (χ0v) is 14.9. The molecule has 0 bridgehead atoms. The summed E-state index contributed by atoms with van der Waals surface area (Å²) >= 11 is 12.0. The average Bonchev–Trinajstić information content (AvgIpc) is 2.58. The van der Waals surface area contributed by atoms with E-state index in [-0.39, 0.29) is 22.9 Å². The molecule has 0 spiro atoms. The molecule has 2 N–H and O–H groups in total. The van der Waals surface area contributed by atoms with Gasteiger partial charge in [0.15, 0.2) is 0 Å². The van der Waals surface area contributed by atoms with Gasteiger partial charge in [-0.1, -0.05) is 42.3 Å². The molecule has 0 fully saturated rings. The molecule has 2 amide bonds. The lowest BCUT2D eigenvalue weighted by Gasteiger charge is -2.12. The van der Waals surface area contributed by atoms with Crippen LogP contribution in [0.1, 0.15) is 41.0 Å². The highest BCUT2D eigenvalue weighted by molar-refractivity contribution is 6.44. The zero-order chi connectivity index (χ0) is 17.7. The number of nitrogens with one attached hydrogen (secondary N) is 2. The van der Waals surface area contributed by atoms with E-state index in [4.69, 9.17) is 23.2 Å². The van der Waals surface area contributed by atoms with Crippen LogP contribution in [0.25, 0.3) is 0 Å². The Morgan fingerprint density at radius 3 is 2.33 bits per heavy atom. The van der Waals surface area contributed by atoms with Crippen LogP contribution >= 0.6 is 23.2 Å². The number of anilines is 1. The minimum atomic E-state index is -0.364. The van der Waals surface area contributed by atoms with Gasteiger partial charge in [-0.05, 0) is 43.7 Å². The summed E-state index contributed by atoms with van der Waals surface area (Å²) in [4.78, 5) is 24.6. The van der Waals surface area contributed by atoms with E-state index < -0.39 is 0 Å². The Bertz CT molecular complexity index is 762. The molecule has 4 nitrogen and oxygen atoms in total. The summed E-state index contributed by atoms with van der Waals surface area (Å²) in [5, 5.41) is 6.20. The first-order valence-corrected chi connectivity index (χ1v) is 8.34. The molecule has 2 rings (SSSR count). The van der Waals surface area contributed by atoms with Gasteiger partial charge < -0.3 is 10.6 Å². The molecular formula is C18H18Cl2N2O2. The lowest BCUT2D eigenvalue weighted by Crippen LogP contribution is -2.32. The van der Waals surface area contributed by atoms with Crippen molar-refractivity contribution in [1.29, 1.82) is 0 Å². The summed E-state index contributed by atoms with van der Waals surface area (Å²) in [5.74, 6) is -0.572. The minimum absolute atomic E-state index is 0.0697. The summed E-state index contributed by atoms with van der Waals surface area (Å²) < 4.78 is 0. The summed E-state index contributed by atoms with van der Waals surface area (Å²) in [5.41, 5.74) is 1.21. The van der Waals surface area contributed by atoms with E-state index in [9.17, 15) is 9.59 Å². The SMILES string of the molecule is CCC(C)NC(=O)c1cccc(C(=O)Nc2cccc(Cl)c2Cl)c1. The van der Waals surface area contributed by atoms with Gasteiger partial charge in [-0.15, -0.1) is 0 Å². The monoisotopic (exact) mass is 364 g/mol. The summed E-state index contributed by atoms with van der Waals surface area (Å²) in [6.07, 6.45) is 0.833. The molecule has 0 heterocycles. The van der Waals surface area contributed by atoms with E-state index >= 15 is 0 Å². The van der Waals surface area contributed by atoms with E-state index in [2.05, 4.69) is 10.6 Å². The molecule has 0 aromatic heterocycles. The highest BCUT2D eigenvalue weighted by Gasteiger charge is 2.13. The minimum Gasteiger partial charge on any atom is -0.350 e. The number of halogens is 2. The predicted molar refractivity (Wildman–Crippen MR) is 98.1 cm³/mol. The van der Waals surface area contributed by atoms with E-state index in [0.717, 1.165) is 6.42 Å². The van der Waals surface area contributed by atoms with Gasteiger partial charge in [0.1, 0.15) is 0 Å². The van der Waals surface area contributed by atoms with Crippen LogP contribution in [-0.4, -0.2) is 17.9 Å². The molecule has 1 unspecified atom stereocenters. The number of hydrogen-bond acceptors (Lipinski definition) is 2. The van der Waals surface area contributed by atoms with Crippen molar-refractivity contribution in [2.45, 2.75) is 26.3 Å². The smallest absolute Gasteiger partial charge is 0.255 e. The lowest BCUT2D eigenvalue weighted by molar-refractivity contribution is 0.0939. The van der Waals surface area contributed by atoms with Gasteiger partial charge in [0.25, 0.3) is 11.8 Å². The first-order chi connectivity index (χ1) is 11.4. The van der Waals surface area contributed by atoms with E-state index in [1.54, 1.807) is 42.5 Å². The Labute approximate surface area is 151 Å². The molecule has 0 aliphatic heterocycles. The molecule has 126 valence electrons. The molecule has 1 atom stereocenters. The Hall–Kier alpha value is -2.04.